The molecule has 2 aromatic carbocycles. The van der Waals surface area contributed by atoms with Crippen molar-refractivity contribution in [3.05, 3.63) is 95.8 Å². The Morgan fingerprint density at radius 1 is 0.971 bits per heavy atom. The number of fused-ring (bicyclic) bond motifs is 1. The highest BCUT2D eigenvalue weighted by Crippen LogP contribution is 2.35. The number of nitrogens with one attached hydrogen (secondary N) is 1. The summed E-state index contributed by atoms with van der Waals surface area (Å²) in [6, 6.07) is 12.8. The van der Waals surface area contributed by atoms with Crippen LogP contribution in [0.25, 0.3) is 22.1 Å². The number of anilines is 1. The molecule has 1 N–H and O–H groups in total. The Kier molecular flexibility index (Phi) is 5.29. The van der Waals surface area contributed by atoms with Crippen LogP contribution in [0.4, 0.5) is 18.9 Å². The van der Waals surface area contributed by atoms with E-state index in [-0.39, 0.29) is 16.4 Å². The number of hydrogen-bond donors (Lipinski definition) is 1. The third-order valence-electron chi connectivity index (χ3n) is 5.13. The first-order chi connectivity index (χ1) is 16.3. The third kappa shape index (κ3) is 3.88. The van der Waals surface area contributed by atoms with E-state index >= 15 is 0 Å². The lowest BCUT2D eigenvalue weighted by molar-refractivity contribution is -0.143. The molecule has 3 aromatic heterocycles. The molecule has 0 aliphatic carbocycles. The topological polar surface area (TPSA) is 77.6 Å². The van der Waals surface area contributed by atoms with Gasteiger partial charge in [0.2, 0.25) is 0 Å². The maximum absolute atomic E-state index is 14.1. The third-order valence-corrected chi connectivity index (χ3v) is 5.43. The molecule has 0 bridgehead atoms. The molecule has 0 aliphatic heterocycles. The summed E-state index contributed by atoms with van der Waals surface area (Å²) >= 11 is 6.28. The number of aromatic nitrogens is 5. The molecule has 0 spiro atoms. The lowest BCUT2D eigenvalue weighted by Crippen LogP contribution is -2.21. The summed E-state index contributed by atoms with van der Waals surface area (Å²) in [4.78, 5) is 16.9. The summed E-state index contributed by atoms with van der Waals surface area (Å²) in [5.41, 5.74) is -0.885. The number of hydrogen-bond acceptors (Lipinski definition) is 4. The van der Waals surface area contributed by atoms with Gasteiger partial charge in [-0.1, -0.05) is 23.7 Å². The first-order valence-electron chi connectivity index (χ1n) is 9.92. The zero-order valence-electron chi connectivity index (χ0n) is 17.2. The van der Waals surface area contributed by atoms with Gasteiger partial charge < -0.3 is 5.32 Å². The van der Waals surface area contributed by atoms with Crippen LogP contribution in [0.3, 0.4) is 0 Å². The van der Waals surface area contributed by atoms with Crippen LogP contribution in [0.5, 0.6) is 0 Å². The maximum Gasteiger partial charge on any atom is 0.434 e. The van der Waals surface area contributed by atoms with Gasteiger partial charge in [-0.25, -0.2) is 9.36 Å². The normalized spacial score (nSPS) is 11.6. The summed E-state index contributed by atoms with van der Waals surface area (Å²) < 4.78 is 44.6. The Bertz CT molecular complexity index is 1510. The van der Waals surface area contributed by atoms with E-state index in [2.05, 4.69) is 20.5 Å². The van der Waals surface area contributed by atoms with E-state index in [0.717, 1.165) is 6.20 Å². The molecule has 34 heavy (non-hydrogen) atoms. The van der Waals surface area contributed by atoms with Crippen LogP contribution in [0.1, 0.15) is 16.1 Å². The largest absolute Gasteiger partial charge is 0.434 e. The van der Waals surface area contributed by atoms with Gasteiger partial charge in [0, 0.05) is 35.9 Å². The molecule has 0 fully saturated rings. The zero-order valence-corrected chi connectivity index (χ0v) is 17.9. The molecule has 170 valence electrons. The van der Waals surface area contributed by atoms with Crippen LogP contribution in [0.15, 0.2) is 79.5 Å². The molecular formula is C23H14ClF3N6O. The van der Waals surface area contributed by atoms with Gasteiger partial charge in [0.1, 0.15) is 0 Å². The molecule has 7 nitrogen and oxygen atoms in total. The van der Waals surface area contributed by atoms with Crippen LogP contribution in [-0.4, -0.2) is 30.5 Å². The van der Waals surface area contributed by atoms with Crippen molar-refractivity contribution in [2.75, 3.05) is 5.32 Å². The van der Waals surface area contributed by atoms with Gasteiger partial charge in [-0.3, -0.25) is 9.78 Å². The van der Waals surface area contributed by atoms with Crippen molar-refractivity contribution >= 4 is 34.0 Å². The minimum atomic E-state index is -4.85. The molecular weight excluding hydrogens is 469 g/mol. The highest BCUT2D eigenvalue weighted by Gasteiger charge is 2.41. The fourth-order valence-electron chi connectivity index (χ4n) is 3.63. The van der Waals surface area contributed by atoms with Gasteiger partial charge in [-0.2, -0.15) is 23.4 Å². The monoisotopic (exact) mass is 482 g/mol. The van der Waals surface area contributed by atoms with Crippen LogP contribution in [0, 0.1) is 0 Å². The van der Waals surface area contributed by atoms with Crippen molar-refractivity contribution in [2.24, 2.45) is 0 Å². The number of halogens is 4. The average Bonchev–Trinajstić information content (AvgIpc) is 3.49. The Morgan fingerprint density at radius 2 is 1.82 bits per heavy atom. The van der Waals surface area contributed by atoms with E-state index in [1.807, 2.05) is 0 Å². The fourth-order valence-corrected chi connectivity index (χ4v) is 3.90. The average molecular weight is 483 g/mol. The Hall–Kier alpha value is -4.18. The molecule has 0 atom stereocenters. The number of amides is 1. The van der Waals surface area contributed by atoms with Crippen molar-refractivity contribution in [2.45, 2.75) is 6.18 Å². The second-order valence-electron chi connectivity index (χ2n) is 7.26. The number of carbonyl (C=O) groups is 1. The predicted octanol–water partition coefficient (Wildman–Crippen LogP) is 5.53. The van der Waals surface area contributed by atoms with Gasteiger partial charge in [0.05, 0.1) is 28.2 Å². The highest BCUT2D eigenvalue weighted by atomic mass is 35.5. The van der Waals surface area contributed by atoms with E-state index in [1.54, 1.807) is 48.9 Å². The lowest BCUT2D eigenvalue weighted by atomic mass is 10.1. The molecule has 5 aromatic rings. The minimum Gasteiger partial charge on any atom is -0.322 e. The first-order valence-corrected chi connectivity index (χ1v) is 10.3. The van der Waals surface area contributed by atoms with Crippen LogP contribution in [0.2, 0.25) is 5.02 Å². The molecule has 5 rings (SSSR count). The van der Waals surface area contributed by atoms with E-state index in [1.165, 1.54) is 29.1 Å². The summed E-state index contributed by atoms with van der Waals surface area (Å²) in [6.07, 6.45) is 2.31. The van der Waals surface area contributed by atoms with Crippen molar-refractivity contribution < 1.29 is 18.0 Å². The Morgan fingerprint density at radius 3 is 2.56 bits per heavy atom. The number of carbonyl (C=O) groups excluding carboxylic acids is 1. The first kappa shape index (κ1) is 21.7. The molecule has 0 aliphatic rings. The summed E-state index contributed by atoms with van der Waals surface area (Å²) in [6.45, 7) is 0. The molecule has 0 saturated heterocycles. The van der Waals surface area contributed by atoms with Crippen molar-refractivity contribution in [1.29, 1.82) is 0 Å². The molecule has 0 unspecified atom stereocenters. The van der Waals surface area contributed by atoms with Crippen LogP contribution in [-0.2, 0) is 6.18 Å². The van der Waals surface area contributed by atoms with Crippen LogP contribution < -0.4 is 5.32 Å². The molecule has 1 amide bonds. The van der Waals surface area contributed by atoms with Crippen molar-refractivity contribution in [3.63, 3.8) is 0 Å². The predicted molar refractivity (Wildman–Crippen MR) is 120 cm³/mol. The number of pyridine rings is 1. The van der Waals surface area contributed by atoms with E-state index in [9.17, 15) is 18.0 Å². The second kappa shape index (κ2) is 8.31. The Balaban J connectivity index is 1.53. The molecule has 0 saturated carbocycles. The quantitative estimate of drug-likeness (QED) is 0.365. The van der Waals surface area contributed by atoms with Gasteiger partial charge in [0.15, 0.2) is 5.69 Å². The maximum atomic E-state index is 14.1. The summed E-state index contributed by atoms with van der Waals surface area (Å²) in [5, 5.41) is 11.9. The molecule has 0 radical (unpaired) electrons. The van der Waals surface area contributed by atoms with E-state index in [0.29, 0.717) is 21.1 Å². The van der Waals surface area contributed by atoms with Crippen molar-refractivity contribution in [3.8, 4) is 11.4 Å². The Labute approximate surface area is 195 Å². The second-order valence-corrected chi connectivity index (χ2v) is 7.67. The smallest absolute Gasteiger partial charge is 0.322 e. The fraction of sp³-hybridized carbons (Fsp3) is 0.0435. The SMILES string of the molecule is O=C(Nc1ccc(-n2cccn2)c(Cl)c1)c1cnn(-c2cccc3ccncc23)c1C(F)(F)F. The van der Waals surface area contributed by atoms with Gasteiger partial charge in [-0.05, 0) is 41.8 Å². The van der Waals surface area contributed by atoms with Gasteiger partial charge >= 0.3 is 6.18 Å². The van der Waals surface area contributed by atoms with Crippen molar-refractivity contribution in [1.82, 2.24) is 24.5 Å². The number of alkyl halides is 3. The number of benzene rings is 2. The summed E-state index contributed by atoms with van der Waals surface area (Å²) in [5.74, 6) is -0.972. The van der Waals surface area contributed by atoms with Crippen LogP contribution >= 0.6 is 11.6 Å². The number of nitrogens with zero attached hydrogens (tertiary/aromatic N) is 5. The van der Waals surface area contributed by atoms with Gasteiger partial charge in [-0.15, -0.1) is 0 Å². The standard InChI is InChI=1S/C23H14ClF3N6O/c24-18-11-15(5-6-20(18)32-10-2-8-29-32)31-22(34)17-13-30-33(21(17)23(25,26)27)19-4-1-3-14-7-9-28-12-16(14)19/h1-13H,(H,31,34). The van der Waals surface area contributed by atoms with E-state index < -0.39 is 23.3 Å². The summed E-state index contributed by atoms with van der Waals surface area (Å²) in [7, 11) is 0. The van der Waals surface area contributed by atoms with Gasteiger partial charge in [0.25, 0.3) is 5.91 Å². The number of rotatable bonds is 4. The van der Waals surface area contributed by atoms with E-state index in [4.69, 9.17) is 11.6 Å². The molecule has 11 heteroatoms. The highest BCUT2D eigenvalue weighted by molar-refractivity contribution is 6.32. The molecule has 3 heterocycles. The minimum absolute atomic E-state index is 0.156. The zero-order chi connectivity index (χ0) is 23.9. The lowest BCUT2D eigenvalue weighted by Gasteiger charge is -2.14.